The van der Waals surface area contributed by atoms with E-state index in [9.17, 15) is 4.79 Å². The number of halogens is 1. The first kappa shape index (κ1) is 13.9. The van der Waals surface area contributed by atoms with Crippen molar-refractivity contribution in [2.24, 2.45) is 0 Å². The van der Waals surface area contributed by atoms with E-state index >= 15 is 0 Å². The van der Waals surface area contributed by atoms with Gasteiger partial charge in [-0.15, -0.1) is 0 Å². The molecule has 0 aliphatic carbocycles. The number of aromatic nitrogens is 1. The zero-order chi connectivity index (χ0) is 14.8. The molecule has 2 aromatic carbocycles. The normalized spacial score (nSPS) is 10.6. The quantitative estimate of drug-likeness (QED) is 0.687. The smallest absolute Gasteiger partial charge is 0.265 e. The molecule has 106 valence electrons. The molecule has 1 heterocycles. The lowest BCUT2D eigenvalue weighted by atomic mass is 10.2. The highest BCUT2D eigenvalue weighted by atomic mass is 127. The predicted octanol–water partition coefficient (Wildman–Crippen LogP) is 3.93. The van der Waals surface area contributed by atoms with Gasteiger partial charge in [-0.05, 0) is 59.0 Å². The maximum absolute atomic E-state index is 12.0. The van der Waals surface area contributed by atoms with Crippen LogP contribution in [-0.4, -0.2) is 12.1 Å². The minimum atomic E-state index is -0.155. The van der Waals surface area contributed by atoms with E-state index in [1.54, 1.807) is 7.11 Å². The van der Waals surface area contributed by atoms with Crippen molar-refractivity contribution in [2.45, 2.75) is 0 Å². The molecule has 1 N–H and O–H groups in total. The van der Waals surface area contributed by atoms with Crippen molar-refractivity contribution in [2.75, 3.05) is 7.11 Å². The number of benzene rings is 2. The third kappa shape index (κ3) is 2.73. The number of pyridine rings is 1. The van der Waals surface area contributed by atoms with Crippen LogP contribution in [0, 0.1) is 3.57 Å². The van der Waals surface area contributed by atoms with E-state index in [1.807, 2.05) is 71.1 Å². The summed E-state index contributed by atoms with van der Waals surface area (Å²) in [5, 5.41) is 0.873. The third-order valence-corrected chi connectivity index (χ3v) is 4.08. The Balaban J connectivity index is 2.10. The first-order chi connectivity index (χ1) is 10.2. The summed E-state index contributed by atoms with van der Waals surface area (Å²) in [6, 6.07) is 14.8. The van der Waals surface area contributed by atoms with E-state index in [-0.39, 0.29) is 5.56 Å². The van der Waals surface area contributed by atoms with Gasteiger partial charge in [0.1, 0.15) is 15.1 Å². The molecule has 0 bridgehead atoms. The van der Waals surface area contributed by atoms with Gasteiger partial charge >= 0.3 is 0 Å². The molecule has 1 aromatic heterocycles. The highest BCUT2D eigenvalue weighted by Gasteiger charge is 2.12. The summed E-state index contributed by atoms with van der Waals surface area (Å²) >= 11 is 2.00. The maximum atomic E-state index is 12.0. The van der Waals surface area contributed by atoms with E-state index in [0.717, 1.165) is 16.7 Å². The van der Waals surface area contributed by atoms with Gasteiger partial charge in [0.2, 0.25) is 0 Å². The van der Waals surface area contributed by atoms with Gasteiger partial charge in [-0.3, -0.25) is 4.79 Å². The second kappa shape index (κ2) is 5.77. The SMILES string of the molecule is COc1ccc(Oc2c(I)c(=O)[nH]c3ccccc23)cc1. The van der Waals surface area contributed by atoms with Gasteiger partial charge in [0, 0.05) is 5.39 Å². The van der Waals surface area contributed by atoms with E-state index in [0.29, 0.717) is 15.1 Å². The molecule has 0 fully saturated rings. The van der Waals surface area contributed by atoms with Crippen molar-refractivity contribution in [3.05, 3.63) is 62.5 Å². The number of ether oxygens (including phenoxy) is 2. The minimum Gasteiger partial charge on any atom is -0.497 e. The van der Waals surface area contributed by atoms with Crippen LogP contribution >= 0.6 is 22.6 Å². The molecule has 0 spiro atoms. The van der Waals surface area contributed by atoms with Gasteiger partial charge in [0.15, 0.2) is 5.75 Å². The molecule has 0 aliphatic heterocycles. The Bertz CT molecular complexity index is 840. The van der Waals surface area contributed by atoms with Crippen molar-refractivity contribution in [3.8, 4) is 17.2 Å². The van der Waals surface area contributed by atoms with Gasteiger partial charge in [-0.1, -0.05) is 12.1 Å². The molecular formula is C16H12INO3. The summed E-state index contributed by atoms with van der Waals surface area (Å²) in [5.41, 5.74) is 0.601. The standard InChI is InChI=1S/C16H12INO3/c1-20-10-6-8-11(9-7-10)21-15-12-4-2-3-5-13(12)18-16(19)14(15)17/h2-9H,1H3,(H,18,19). The Morgan fingerprint density at radius 1 is 1.00 bits per heavy atom. The number of hydrogen-bond acceptors (Lipinski definition) is 3. The number of aromatic amines is 1. The number of hydrogen-bond donors (Lipinski definition) is 1. The average molecular weight is 393 g/mol. The minimum absolute atomic E-state index is 0.155. The summed E-state index contributed by atoms with van der Waals surface area (Å²) in [6.45, 7) is 0. The maximum Gasteiger partial charge on any atom is 0.265 e. The van der Waals surface area contributed by atoms with Crippen LogP contribution in [0.3, 0.4) is 0 Å². The van der Waals surface area contributed by atoms with Crippen LogP contribution in [0.2, 0.25) is 0 Å². The number of methoxy groups -OCH3 is 1. The average Bonchev–Trinajstić information content (AvgIpc) is 2.52. The molecule has 5 heteroatoms. The van der Waals surface area contributed by atoms with Crippen molar-refractivity contribution < 1.29 is 9.47 Å². The van der Waals surface area contributed by atoms with E-state index < -0.39 is 0 Å². The molecule has 4 nitrogen and oxygen atoms in total. The molecule has 3 aromatic rings. The molecule has 0 unspecified atom stereocenters. The van der Waals surface area contributed by atoms with Crippen LogP contribution in [0.1, 0.15) is 0 Å². The summed E-state index contributed by atoms with van der Waals surface area (Å²) in [7, 11) is 1.61. The fraction of sp³-hybridized carbons (Fsp3) is 0.0625. The second-order valence-electron chi connectivity index (χ2n) is 4.42. The van der Waals surface area contributed by atoms with Crippen molar-refractivity contribution in [1.29, 1.82) is 0 Å². The molecule has 0 atom stereocenters. The zero-order valence-corrected chi connectivity index (χ0v) is 13.4. The Labute approximate surface area is 134 Å². The predicted molar refractivity (Wildman–Crippen MR) is 90.4 cm³/mol. The van der Waals surface area contributed by atoms with Crippen molar-refractivity contribution >= 4 is 33.5 Å². The lowest BCUT2D eigenvalue weighted by Gasteiger charge is -2.11. The fourth-order valence-corrected chi connectivity index (χ4v) is 2.59. The highest BCUT2D eigenvalue weighted by Crippen LogP contribution is 2.32. The molecule has 0 amide bonds. The summed E-state index contributed by atoms with van der Waals surface area (Å²) in [4.78, 5) is 14.8. The van der Waals surface area contributed by atoms with Crippen molar-refractivity contribution in [1.82, 2.24) is 4.98 Å². The van der Waals surface area contributed by atoms with Crippen LogP contribution in [0.4, 0.5) is 0 Å². The largest absolute Gasteiger partial charge is 0.497 e. The molecule has 3 rings (SSSR count). The number of para-hydroxylation sites is 1. The Hall–Kier alpha value is -2.02. The Kier molecular flexibility index (Phi) is 3.83. The topological polar surface area (TPSA) is 51.3 Å². The molecule has 0 aliphatic rings. The first-order valence-electron chi connectivity index (χ1n) is 6.31. The number of nitrogens with one attached hydrogen (secondary N) is 1. The highest BCUT2D eigenvalue weighted by molar-refractivity contribution is 14.1. The number of H-pyrrole nitrogens is 1. The molecule has 21 heavy (non-hydrogen) atoms. The second-order valence-corrected chi connectivity index (χ2v) is 5.50. The van der Waals surface area contributed by atoms with Crippen molar-refractivity contribution in [3.63, 3.8) is 0 Å². The van der Waals surface area contributed by atoms with Crippen LogP contribution in [0.5, 0.6) is 17.2 Å². The van der Waals surface area contributed by atoms with Gasteiger partial charge in [-0.2, -0.15) is 0 Å². The Morgan fingerprint density at radius 3 is 2.38 bits per heavy atom. The summed E-state index contributed by atoms with van der Waals surface area (Å²) < 4.78 is 11.6. The first-order valence-corrected chi connectivity index (χ1v) is 7.39. The van der Waals surface area contributed by atoms with Crippen LogP contribution in [0.15, 0.2) is 53.3 Å². The number of rotatable bonds is 3. The fourth-order valence-electron chi connectivity index (χ4n) is 2.05. The Morgan fingerprint density at radius 2 is 1.67 bits per heavy atom. The van der Waals surface area contributed by atoms with Crippen LogP contribution in [0.25, 0.3) is 10.9 Å². The van der Waals surface area contributed by atoms with Gasteiger partial charge < -0.3 is 14.5 Å². The molecular weight excluding hydrogens is 381 g/mol. The van der Waals surface area contributed by atoms with E-state index in [4.69, 9.17) is 9.47 Å². The summed E-state index contributed by atoms with van der Waals surface area (Å²) in [6.07, 6.45) is 0. The van der Waals surface area contributed by atoms with Gasteiger partial charge in [0.25, 0.3) is 5.56 Å². The lowest BCUT2D eigenvalue weighted by Crippen LogP contribution is -2.11. The number of fused-ring (bicyclic) bond motifs is 1. The van der Waals surface area contributed by atoms with Crippen LogP contribution < -0.4 is 15.0 Å². The van der Waals surface area contributed by atoms with Gasteiger partial charge in [-0.25, -0.2) is 0 Å². The lowest BCUT2D eigenvalue weighted by molar-refractivity contribution is 0.413. The monoisotopic (exact) mass is 393 g/mol. The molecule has 0 radical (unpaired) electrons. The van der Waals surface area contributed by atoms with E-state index in [2.05, 4.69) is 4.98 Å². The molecule has 0 saturated heterocycles. The van der Waals surface area contributed by atoms with E-state index in [1.165, 1.54) is 0 Å². The molecule has 0 saturated carbocycles. The summed E-state index contributed by atoms with van der Waals surface area (Å²) in [5.74, 6) is 1.98. The van der Waals surface area contributed by atoms with Crippen LogP contribution in [-0.2, 0) is 0 Å². The zero-order valence-electron chi connectivity index (χ0n) is 11.2. The third-order valence-electron chi connectivity index (χ3n) is 3.10. The van der Waals surface area contributed by atoms with Gasteiger partial charge in [0.05, 0.1) is 12.6 Å².